The Bertz CT molecular complexity index is 670. The highest BCUT2D eigenvalue weighted by Crippen LogP contribution is 2.19. The van der Waals surface area contributed by atoms with Crippen LogP contribution in [0.5, 0.6) is 5.75 Å². The molecule has 4 nitrogen and oxygen atoms in total. The lowest BCUT2D eigenvalue weighted by atomic mass is 10.1. The van der Waals surface area contributed by atoms with Crippen LogP contribution in [0.25, 0.3) is 11.0 Å². The lowest BCUT2D eigenvalue weighted by Crippen LogP contribution is -2.04. The van der Waals surface area contributed by atoms with Gasteiger partial charge in [-0.2, -0.15) is 15.0 Å². The van der Waals surface area contributed by atoms with E-state index in [0.717, 1.165) is 22.2 Å². The van der Waals surface area contributed by atoms with Crippen LogP contribution < -0.4 is 0 Å². The summed E-state index contributed by atoms with van der Waals surface area (Å²) in [6.07, 6.45) is 0. The minimum absolute atomic E-state index is 0.280. The van der Waals surface area contributed by atoms with E-state index in [-0.39, 0.29) is 5.75 Å². The van der Waals surface area contributed by atoms with Gasteiger partial charge in [0, 0.05) is 5.56 Å². The maximum absolute atomic E-state index is 9.80. The van der Waals surface area contributed by atoms with E-state index < -0.39 is 0 Å². The number of nitrogens with zero attached hydrogens (tertiary/aromatic N) is 3. The van der Waals surface area contributed by atoms with Gasteiger partial charge in [0.25, 0.3) is 0 Å². The molecule has 0 aliphatic heterocycles. The number of fused-ring (bicyclic) bond motifs is 1. The van der Waals surface area contributed by atoms with Gasteiger partial charge in [0.15, 0.2) is 0 Å². The van der Waals surface area contributed by atoms with Crippen molar-refractivity contribution in [3.05, 3.63) is 53.6 Å². The van der Waals surface area contributed by atoms with Crippen LogP contribution in [0.15, 0.2) is 42.5 Å². The second-order valence-corrected chi connectivity index (χ2v) is 4.35. The minimum atomic E-state index is 0.280. The van der Waals surface area contributed by atoms with Crippen LogP contribution in [-0.2, 0) is 6.54 Å². The van der Waals surface area contributed by atoms with Crippen LogP contribution in [0, 0.1) is 6.92 Å². The summed E-state index contributed by atoms with van der Waals surface area (Å²) in [5.41, 5.74) is 3.67. The van der Waals surface area contributed by atoms with Gasteiger partial charge in [0.2, 0.25) is 0 Å². The number of benzene rings is 2. The van der Waals surface area contributed by atoms with E-state index in [9.17, 15) is 5.11 Å². The van der Waals surface area contributed by atoms with E-state index in [1.165, 1.54) is 0 Å². The molecule has 1 aromatic heterocycles. The maximum Gasteiger partial charge on any atom is 0.120 e. The van der Waals surface area contributed by atoms with Crippen molar-refractivity contribution < 1.29 is 5.11 Å². The van der Waals surface area contributed by atoms with Gasteiger partial charge >= 0.3 is 0 Å². The zero-order valence-electron chi connectivity index (χ0n) is 10.0. The largest absolute Gasteiger partial charge is 0.508 e. The number of aromatic hydroxyl groups is 1. The predicted molar refractivity (Wildman–Crippen MR) is 69.5 cm³/mol. The molecule has 0 saturated carbocycles. The average molecular weight is 239 g/mol. The minimum Gasteiger partial charge on any atom is -0.508 e. The fourth-order valence-electron chi connectivity index (χ4n) is 1.97. The number of aryl methyl sites for hydroxylation is 1. The Hall–Kier alpha value is -2.36. The van der Waals surface area contributed by atoms with Crippen molar-refractivity contribution in [2.24, 2.45) is 0 Å². The molecular weight excluding hydrogens is 226 g/mol. The van der Waals surface area contributed by atoms with Crippen molar-refractivity contribution in [3.63, 3.8) is 0 Å². The summed E-state index contributed by atoms with van der Waals surface area (Å²) >= 11 is 0. The summed E-state index contributed by atoms with van der Waals surface area (Å²) in [4.78, 5) is 1.61. The summed E-state index contributed by atoms with van der Waals surface area (Å²) in [6, 6.07) is 13.3. The lowest BCUT2D eigenvalue weighted by molar-refractivity contribution is 0.460. The first-order valence-electron chi connectivity index (χ1n) is 5.81. The Labute approximate surface area is 104 Å². The smallest absolute Gasteiger partial charge is 0.120 e. The molecule has 0 aliphatic carbocycles. The molecule has 18 heavy (non-hydrogen) atoms. The van der Waals surface area contributed by atoms with Crippen LogP contribution >= 0.6 is 0 Å². The number of phenolic OH excluding ortho intramolecular Hbond substituents is 1. The van der Waals surface area contributed by atoms with Gasteiger partial charge in [-0.25, -0.2) is 0 Å². The Morgan fingerprint density at radius 2 is 1.72 bits per heavy atom. The fraction of sp³-hybridized carbons (Fsp3) is 0.143. The van der Waals surface area contributed by atoms with Crippen molar-refractivity contribution >= 4 is 11.0 Å². The molecule has 0 radical (unpaired) electrons. The standard InChI is InChI=1S/C14H13N3O/c1-10-6-7-14(18)11(8-10)9-17-15-12-4-2-3-5-13(12)16-17/h2-8,18H,9H2,1H3. The molecule has 90 valence electrons. The SMILES string of the molecule is Cc1ccc(O)c(Cn2nc3ccccc3n2)c1. The molecule has 1 heterocycles. The highest BCUT2D eigenvalue weighted by atomic mass is 16.3. The van der Waals surface area contributed by atoms with Gasteiger partial charge in [-0.05, 0) is 25.1 Å². The number of hydrogen-bond acceptors (Lipinski definition) is 3. The third-order valence-corrected chi connectivity index (χ3v) is 2.87. The fourth-order valence-corrected chi connectivity index (χ4v) is 1.97. The quantitative estimate of drug-likeness (QED) is 0.747. The van der Waals surface area contributed by atoms with Crippen molar-refractivity contribution in [2.75, 3.05) is 0 Å². The van der Waals surface area contributed by atoms with Gasteiger partial charge in [-0.15, -0.1) is 0 Å². The van der Waals surface area contributed by atoms with Gasteiger partial charge < -0.3 is 5.11 Å². The molecule has 0 saturated heterocycles. The maximum atomic E-state index is 9.80. The van der Waals surface area contributed by atoms with E-state index in [2.05, 4.69) is 10.2 Å². The van der Waals surface area contributed by atoms with E-state index in [1.807, 2.05) is 43.3 Å². The normalized spacial score (nSPS) is 10.9. The van der Waals surface area contributed by atoms with E-state index in [4.69, 9.17) is 0 Å². The van der Waals surface area contributed by atoms with Crippen LogP contribution in [0.1, 0.15) is 11.1 Å². The molecule has 0 spiro atoms. The highest BCUT2D eigenvalue weighted by Gasteiger charge is 2.06. The second kappa shape index (κ2) is 4.14. The van der Waals surface area contributed by atoms with Crippen LogP contribution in [0.2, 0.25) is 0 Å². The molecule has 4 heteroatoms. The summed E-state index contributed by atoms with van der Waals surface area (Å²) in [5, 5.41) is 18.5. The Balaban J connectivity index is 1.98. The van der Waals surface area contributed by atoms with Gasteiger partial charge in [0.1, 0.15) is 16.8 Å². The summed E-state index contributed by atoms with van der Waals surface area (Å²) in [7, 11) is 0. The molecule has 0 atom stereocenters. The molecule has 0 bridgehead atoms. The topological polar surface area (TPSA) is 50.9 Å². The first-order valence-corrected chi connectivity index (χ1v) is 5.81. The zero-order valence-corrected chi connectivity index (χ0v) is 10.0. The van der Waals surface area contributed by atoms with Crippen LogP contribution in [-0.4, -0.2) is 20.1 Å². The van der Waals surface area contributed by atoms with Crippen molar-refractivity contribution in [1.29, 1.82) is 0 Å². The molecule has 0 amide bonds. The first kappa shape index (κ1) is 10.8. The number of rotatable bonds is 2. The highest BCUT2D eigenvalue weighted by molar-refractivity contribution is 5.72. The molecule has 3 rings (SSSR count). The summed E-state index contributed by atoms with van der Waals surface area (Å²) in [6.45, 7) is 2.47. The predicted octanol–water partition coefficient (Wildman–Crippen LogP) is 2.49. The monoisotopic (exact) mass is 239 g/mol. The van der Waals surface area contributed by atoms with Crippen LogP contribution in [0.3, 0.4) is 0 Å². The van der Waals surface area contributed by atoms with Gasteiger partial charge in [-0.1, -0.05) is 29.8 Å². The Morgan fingerprint density at radius 1 is 1.06 bits per heavy atom. The molecule has 0 unspecified atom stereocenters. The number of aromatic nitrogens is 3. The van der Waals surface area contributed by atoms with Gasteiger partial charge in [-0.3, -0.25) is 0 Å². The molecular formula is C14H13N3O. The molecule has 0 aliphatic rings. The first-order chi connectivity index (χ1) is 8.72. The number of phenols is 1. The second-order valence-electron chi connectivity index (χ2n) is 4.35. The number of hydrogen-bond donors (Lipinski definition) is 1. The summed E-state index contributed by atoms with van der Waals surface area (Å²) in [5.74, 6) is 0.280. The third-order valence-electron chi connectivity index (χ3n) is 2.87. The van der Waals surface area contributed by atoms with Crippen molar-refractivity contribution in [2.45, 2.75) is 13.5 Å². The van der Waals surface area contributed by atoms with Crippen LogP contribution in [0.4, 0.5) is 0 Å². The van der Waals surface area contributed by atoms with E-state index in [1.54, 1.807) is 10.9 Å². The molecule has 0 fully saturated rings. The van der Waals surface area contributed by atoms with Crippen molar-refractivity contribution in [3.8, 4) is 5.75 Å². The van der Waals surface area contributed by atoms with E-state index in [0.29, 0.717) is 6.54 Å². The Morgan fingerprint density at radius 3 is 2.39 bits per heavy atom. The molecule has 1 N–H and O–H groups in total. The Kier molecular flexibility index (Phi) is 2.48. The average Bonchev–Trinajstić information content (AvgIpc) is 2.76. The zero-order chi connectivity index (χ0) is 12.5. The van der Waals surface area contributed by atoms with E-state index >= 15 is 0 Å². The molecule has 2 aromatic carbocycles. The van der Waals surface area contributed by atoms with Gasteiger partial charge in [0.05, 0.1) is 6.54 Å². The lowest BCUT2D eigenvalue weighted by Gasteiger charge is -2.04. The third kappa shape index (κ3) is 1.93. The summed E-state index contributed by atoms with van der Waals surface area (Å²) < 4.78 is 0. The molecule has 3 aromatic rings. The van der Waals surface area contributed by atoms with Crippen molar-refractivity contribution in [1.82, 2.24) is 15.0 Å².